The molecule has 0 aliphatic rings. The van der Waals surface area contributed by atoms with Crippen molar-refractivity contribution in [2.45, 2.75) is 6.42 Å². The maximum Gasteiger partial charge on any atom is 0.119 e. The molecule has 2 nitrogen and oxygen atoms in total. The second kappa shape index (κ2) is 7.69. The highest BCUT2D eigenvalue weighted by Gasteiger charge is 2.00. The molecular formula is C22H23NO. The van der Waals surface area contributed by atoms with E-state index in [9.17, 15) is 0 Å². The molecule has 3 aromatic carbocycles. The number of hydrogen-bond donors (Lipinski definition) is 0. The highest BCUT2D eigenvalue weighted by atomic mass is 16.5. The molecule has 0 amide bonds. The first-order valence-electron chi connectivity index (χ1n) is 8.27. The Bertz CT molecular complexity index is 746. The summed E-state index contributed by atoms with van der Waals surface area (Å²) < 4.78 is 5.87. The monoisotopic (exact) mass is 317 g/mol. The molecule has 0 aliphatic carbocycles. The third-order valence-electron chi connectivity index (χ3n) is 4.07. The minimum absolute atomic E-state index is 0.687. The van der Waals surface area contributed by atoms with Gasteiger partial charge in [-0.05, 0) is 41.0 Å². The van der Waals surface area contributed by atoms with Crippen LogP contribution in [-0.2, 0) is 6.42 Å². The minimum Gasteiger partial charge on any atom is -0.493 e. The van der Waals surface area contributed by atoms with Crippen molar-refractivity contribution in [3.8, 4) is 16.9 Å². The Hall–Kier alpha value is -2.74. The van der Waals surface area contributed by atoms with Crippen LogP contribution in [0.25, 0.3) is 11.1 Å². The lowest BCUT2D eigenvalue weighted by Crippen LogP contribution is -2.08. The topological polar surface area (TPSA) is 12.5 Å². The molecule has 0 atom stereocenters. The number of benzene rings is 3. The number of anilines is 1. The van der Waals surface area contributed by atoms with Crippen molar-refractivity contribution in [3.63, 3.8) is 0 Å². The molecule has 0 radical (unpaired) electrons. The number of hydrogen-bond acceptors (Lipinski definition) is 2. The quantitative estimate of drug-likeness (QED) is 0.631. The zero-order valence-electron chi connectivity index (χ0n) is 14.3. The van der Waals surface area contributed by atoms with Crippen molar-refractivity contribution in [2.75, 3.05) is 25.6 Å². The van der Waals surface area contributed by atoms with Gasteiger partial charge < -0.3 is 9.64 Å². The molecule has 2 heteroatoms. The van der Waals surface area contributed by atoms with Crippen molar-refractivity contribution < 1.29 is 4.74 Å². The van der Waals surface area contributed by atoms with Gasteiger partial charge in [0.25, 0.3) is 0 Å². The van der Waals surface area contributed by atoms with E-state index in [4.69, 9.17) is 4.74 Å². The number of rotatable bonds is 6. The SMILES string of the molecule is CN(C)c1ccc(CCOc2ccc(-c3ccccc3)cc2)cc1. The van der Waals surface area contributed by atoms with Crippen LogP contribution in [0.15, 0.2) is 78.9 Å². The Kier molecular flexibility index (Phi) is 5.17. The van der Waals surface area contributed by atoms with E-state index in [1.54, 1.807) is 0 Å². The standard InChI is InChI=1S/C22H23NO/c1-23(2)21-12-8-18(9-13-21)16-17-24-22-14-10-20(11-15-22)19-6-4-3-5-7-19/h3-15H,16-17H2,1-2H3. The molecule has 0 unspecified atom stereocenters. The van der Waals surface area contributed by atoms with E-state index in [2.05, 4.69) is 79.7 Å². The molecule has 0 N–H and O–H groups in total. The summed E-state index contributed by atoms with van der Waals surface area (Å²) in [5.41, 5.74) is 4.95. The fourth-order valence-electron chi connectivity index (χ4n) is 2.62. The summed E-state index contributed by atoms with van der Waals surface area (Å²) in [7, 11) is 4.11. The summed E-state index contributed by atoms with van der Waals surface area (Å²) in [4.78, 5) is 2.11. The second-order valence-electron chi connectivity index (χ2n) is 6.05. The van der Waals surface area contributed by atoms with Crippen LogP contribution in [0.2, 0.25) is 0 Å². The summed E-state index contributed by atoms with van der Waals surface area (Å²) in [6, 6.07) is 27.3. The molecule has 122 valence electrons. The highest BCUT2D eigenvalue weighted by Crippen LogP contribution is 2.22. The third kappa shape index (κ3) is 4.17. The molecule has 3 rings (SSSR count). The van der Waals surface area contributed by atoms with Crippen molar-refractivity contribution in [1.29, 1.82) is 0 Å². The van der Waals surface area contributed by atoms with Gasteiger partial charge in [-0.15, -0.1) is 0 Å². The van der Waals surface area contributed by atoms with Gasteiger partial charge in [-0.2, -0.15) is 0 Å². The molecule has 0 aromatic heterocycles. The van der Waals surface area contributed by atoms with Gasteiger partial charge in [0.2, 0.25) is 0 Å². The zero-order valence-corrected chi connectivity index (χ0v) is 14.3. The molecule has 0 saturated carbocycles. The predicted molar refractivity (Wildman–Crippen MR) is 102 cm³/mol. The molecule has 24 heavy (non-hydrogen) atoms. The van der Waals surface area contributed by atoms with E-state index < -0.39 is 0 Å². The molecule has 0 bridgehead atoms. The Morgan fingerprint density at radius 2 is 1.33 bits per heavy atom. The van der Waals surface area contributed by atoms with Gasteiger partial charge in [-0.25, -0.2) is 0 Å². The normalized spacial score (nSPS) is 10.4. The van der Waals surface area contributed by atoms with Crippen LogP contribution in [0.5, 0.6) is 5.75 Å². The van der Waals surface area contributed by atoms with Gasteiger partial charge in [-0.1, -0.05) is 54.6 Å². The molecule has 3 aromatic rings. The Labute approximate surface area is 144 Å². The Balaban J connectivity index is 1.53. The molecule has 0 aliphatic heterocycles. The maximum absolute atomic E-state index is 5.87. The first kappa shape index (κ1) is 16.1. The lowest BCUT2D eigenvalue weighted by atomic mass is 10.1. The van der Waals surface area contributed by atoms with E-state index in [0.717, 1.165) is 12.2 Å². The van der Waals surface area contributed by atoms with Crippen molar-refractivity contribution >= 4 is 5.69 Å². The summed E-state index contributed by atoms with van der Waals surface area (Å²) in [5, 5.41) is 0. The van der Waals surface area contributed by atoms with E-state index in [1.165, 1.54) is 22.4 Å². The van der Waals surface area contributed by atoms with Gasteiger partial charge in [0.1, 0.15) is 5.75 Å². The molecule has 0 spiro atoms. The zero-order chi connectivity index (χ0) is 16.8. The van der Waals surface area contributed by atoms with Crippen LogP contribution < -0.4 is 9.64 Å². The van der Waals surface area contributed by atoms with Crippen LogP contribution in [0.4, 0.5) is 5.69 Å². The summed E-state index contributed by atoms with van der Waals surface area (Å²) in [6.07, 6.45) is 0.911. The molecular weight excluding hydrogens is 294 g/mol. The van der Waals surface area contributed by atoms with Crippen molar-refractivity contribution in [3.05, 3.63) is 84.4 Å². The van der Waals surface area contributed by atoms with Crippen LogP contribution in [0.1, 0.15) is 5.56 Å². The molecule has 0 heterocycles. The third-order valence-corrected chi connectivity index (χ3v) is 4.07. The predicted octanol–water partition coefficient (Wildman–Crippen LogP) is 5.04. The van der Waals surface area contributed by atoms with Crippen LogP contribution in [0, 0.1) is 0 Å². The van der Waals surface area contributed by atoms with Gasteiger partial charge in [0.05, 0.1) is 6.61 Å². The fraction of sp³-hybridized carbons (Fsp3) is 0.182. The van der Waals surface area contributed by atoms with Gasteiger partial charge in [0, 0.05) is 26.2 Å². The molecule has 0 fully saturated rings. The first-order valence-corrected chi connectivity index (χ1v) is 8.27. The van der Waals surface area contributed by atoms with Crippen LogP contribution in [-0.4, -0.2) is 20.7 Å². The number of nitrogens with zero attached hydrogens (tertiary/aromatic N) is 1. The summed E-state index contributed by atoms with van der Waals surface area (Å²) >= 11 is 0. The summed E-state index contributed by atoms with van der Waals surface area (Å²) in [6.45, 7) is 0.687. The molecule has 0 saturated heterocycles. The lowest BCUT2D eigenvalue weighted by molar-refractivity contribution is 0.322. The lowest BCUT2D eigenvalue weighted by Gasteiger charge is -2.13. The van der Waals surface area contributed by atoms with Crippen molar-refractivity contribution in [2.24, 2.45) is 0 Å². The maximum atomic E-state index is 5.87. The van der Waals surface area contributed by atoms with Gasteiger partial charge in [0.15, 0.2) is 0 Å². The number of ether oxygens (including phenoxy) is 1. The van der Waals surface area contributed by atoms with Gasteiger partial charge in [-0.3, -0.25) is 0 Å². The van der Waals surface area contributed by atoms with Crippen LogP contribution >= 0.6 is 0 Å². The van der Waals surface area contributed by atoms with E-state index in [0.29, 0.717) is 6.61 Å². The van der Waals surface area contributed by atoms with E-state index in [-0.39, 0.29) is 0 Å². The average Bonchev–Trinajstić information content (AvgIpc) is 2.63. The van der Waals surface area contributed by atoms with E-state index in [1.807, 2.05) is 18.2 Å². The smallest absolute Gasteiger partial charge is 0.119 e. The van der Waals surface area contributed by atoms with E-state index >= 15 is 0 Å². The first-order chi connectivity index (χ1) is 11.7. The van der Waals surface area contributed by atoms with Crippen LogP contribution in [0.3, 0.4) is 0 Å². The fourth-order valence-corrected chi connectivity index (χ4v) is 2.62. The second-order valence-corrected chi connectivity index (χ2v) is 6.05. The Morgan fingerprint density at radius 1 is 0.708 bits per heavy atom. The highest BCUT2D eigenvalue weighted by molar-refractivity contribution is 5.63. The largest absolute Gasteiger partial charge is 0.493 e. The Morgan fingerprint density at radius 3 is 1.96 bits per heavy atom. The van der Waals surface area contributed by atoms with Crippen molar-refractivity contribution in [1.82, 2.24) is 0 Å². The van der Waals surface area contributed by atoms with Gasteiger partial charge >= 0.3 is 0 Å². The average molecular weight is 317 g/mol. The minimum atomic E-state index is 0.687. The summed E-state index contributed by atoms with van der Waals surface area (Å²) in [5.74, 6) is 0.916.